The van der Waals surface area contributed by atoms with Crippen molar-refractivity contribution in [3.8, 4) is 5.75 Å². The first-order chi connectivity index (χ1) is 19.0. The second kappa shape index (κ2) is 9.87. The third-order valence-electron chi connectivity index (χ3n) is 7.89. The second-order valence-corrected chi connectivity index (χ2v) is 10.9. The van der Waals surface area contributed by atoms with Crippen LogP contribution < -0.4 is 15.8 Å². The fraction of sp³-hybridized carbons (Fsp3) is 0.500. The van der Waals surface area contributed by atoms with Gasteiger partial charge in [0, 0.05) is 30.8 Å². The first-order valence-corrected chi connectivity index (χ1v) is 13.1. The van der Waals surface area contributed by atoms with E-state index in [0.29, 0.717) is 52.6 Å². The number of rotatable bonds is 8. The molecule has 1 aromatic carbocycles. The summed E-state index contributed by atoms with van der Waals surface area (Å²) in [6.07, 6.45) is -1.98. The van der Waals surface area contributed by atoms with E-state index in [1.807, 2.05) is 0 Å². The highest BCUT2D eigenvalue weighted by Crippen LogP contribution is 2.41. The molecule has 214 valence electrons. The molecular formula is C26H30F3N7O4. The number of ether oxygens (including phenoxy) is 2. The van der Waals surface area contributed by atoms with Crippen molar-refractivity contribution >= 4 is 27.9 Å². The minimum atomic E-state index is -4.74. The standard InChI is InChI=1S/C26H30F3N7O4/c1-25(9-13(10-25)2-5-19-34-16-4-3-14(8-17(16)35-19)40-26(27,28)29)33-11-18-20(37)21(38)24(39-18)36-7-6-15-22(30)31-12-32-23(15)36/h3-4,6-8,12-13,18,20-21,24,33,37-38H,2,5,9-11H2,1H3,(H,34,35)(H2,30,31,32)/t13?,18-,20+,21+,24-,25?/m1/s1. The topological polar surface area (TPSA) is 156 Å². The highest BCUT2D eigenvalue weighted by molar-refractivity contribution is 5.86. The molecule has 2 aliphatic rings. The third-order valence-corrected chi connectivity index (χ3v) is 7.89. The molecular weight excluding hydrogens is 531 g/mol. The minimum Gasteiger partial charge on any atom is -0.406 e. The molecule has 11 nitrogen and oxygen atoms in total. The van der Waals surface area contributed by atoms with Gasteiger partial charge in [-0.15, -0.1) is 13.2 Å². The molecule has 2 fully saturated rings. The van der Waals surface area contributed by atoms with Crippen molar-refractivity contribution in [3.63, 3.8) is 0 Å². The van der Waals surface area contributed by atoms with Crippen LogP contribution in [0.3, 0.4) is 0 Å². The minimum absolute atomic E-state index is 0.143. The van der Waals surface area contributed by atoms with Gasteiger partial charge in [-0.05, 0) is 50.3 Å². The molecule has 0 spiro atoms. The van der Waals surface area contributed by atoms with Crippen LogP contribution >= 0.6 is 0 Å². The molecule has 0 unspecified atom stereocenters. The number of aromatic nitrogens is 5. The predicted molar refractivity (Wildman–Crippen MR) is 138 cm³/mol. The number of imidazole rings is 1. The lowest BCUT2D eigenvalue weighted by molar-refractivity contribution is -0.274. The van der Waals surface area contributed by atoms with Crippen LogP contribution in [0.2, 0.25) is 0 Å². The van der Waals surface area contributed by atoms with E-state index in [1.54, 1.807) is 16.8 Å². The second-order valence-electron chi connectivity index (χ2n) is 10.9. The number of benzene rings is 1. The SMILES string of the molecule is CC1(NC[C@H]2O[C@@H](n3ccc4c(N)ncnc43)[C@@H](O)[C@H]2O)CC(CCc2nc3ccc(OC(F)(F)F)cc3[nH]2)C1. The molecule has 0 bridgehead atoms. The van der Waals surface area contributed by atoms with Gasteiger partial charge in [-0.25, -0.2) is 15.0 Å². The molecule has 6 N–H and O–H groups in total. The van der Waals surface area contributed by atoms with Gasteiger partial charge in [0.2, 0.25) is 0 Å². The first-order valence-electron chi connectivity index (χ1n) is 13.1. The smallest absolute Gasteiger partial charge is 0.406 e. The lowest BCUT2D eigenvalue weighted by Gasteiger charge is -2.46. The van der Waals surface area contributed by atoms with Crippen molar-refractivity contribution in [1.82, 2.24) is 29.8 Å². The van der Waals surface area contributed by atoms with E-state index >= 15 is 0 Å². The van der Waals surface area contributed by atoms with Gasteiger partial charge in [0.25, 0.3) is 0 Å². The number of nitrogen functional groups attached to an aromatic ring is 1. The number of hydrogen-bond acceptors (Lipinski definition) is 9. The molecule has 0 amide bonds. The van der Waals surface area contributed by atoms with Crippen molar-refractivity contribution in [1.29, 1.82) is 0 Å². The van der Waals surface area contributed by atoms with Crippen molar-refractivity contribution in [2.45, 2.75) is 69.0 Å². The summed E-state index contributed by atoms with van der Waals surface area (Å²) < 4.78 is 49.2. The first kappa shape index (κ1) is 26.7. The number of aliphatic hydroxyl groups excluding tert-OH is 2. The number of nitrogens with two attached hydrogens (primary N) is 1. The highest BCUT2D eigenvalue weighted by Gasteiger charge is 2.46. The molecule has 0 radical (unpaired) electrons. The maximum atomic E-state index is 12.5. The summed E-state index contributed by atoms with van der Waals surface area (Å²) in [6.45, 7) is 2.47. The monoisotopic (exact) mass is 561 g/mol. The van der Waals surface area contributed by atoms with E-state index in [-0.39, 0.29) is 11.3 Å². The Hall–Kier alpha value is -3.46. The van der Waals surface area contributed by atoms with Gasteiger partial charge < -0.3 is 40.3 Å². The number of aromatic amines is 1. The molecule has 6 rings (SSSR count). The number of nitrogens with zero attached hydrogens (tertiary/aromatic N) is 4. The summed E-state index contributed by atoms with van der Waals surface area (Å²) in [6, 6.07) is 5.80. The van der Waals surface area contributed by atoms with Crippen LogP contribution in [0, 0.1) is 5.92 Å². The summed E-state index contributed by atoms with van der Waals surface area (Å²) in [7, 11) is 0. The van der Waals surface area contributed by atoms with E-state index in [9.17, 15) is 23.4 Å². The molecule has 3 aromatic heterocycles. The predicted octanol–water partition coefficient (Wildman–Crippen LogP) is 2.80. The number of fused-ring (bicyclic) bond motifs is 2. The Labute approximate surface area is 226 Å². The van der Waals surface area contributed by atoms with E-state index in [4.69, 9.17) is 10.5 Å². The average Bonchev–Trinajstić information content (AvgIpc) is 3.55. The maximum Gasteiger partial charge on any atom is 0.573 e. The Morgan fingerprint density at radius 1 is 1.23 bits per heavy atom. The Morgan fingerprint density at radius 3 is 2.80 bits per heavy atom. The van der Waals surface area contributed by atoms with Crippen LogP contribution in [0.4, 0.5) is 19.0 Å². The molecule has 4 aromatic rings. The molecule has 4 atom stereocenters. The van der Waals surface area contributed by atoms with Crippen molar-refractivity contribution < 1.29 is 32.9 Å². The number of alkyl halides is 3. The number of hydrogen-bond donors (Lipinski definition) is 5. The molecule has 40 heavy (non-hydrogen) atoms. The summed E-state index contributed by atoms with van der Waals surface area (Å²) in [5.74, 6) is 1.20. The number of halogens is 3. The average molecular weight is 562 g/mol. The summed E-state index contributed by atoms with van der Waals surface area (Å²) in [5, 5.41) is 25.5. The van der Waals surface area contributed by atoms with Gasteiger partial charge in [-0.1, -0.05) is 0 Å². The number of anilines is 1. The van der Waals surface area contributed by atoms with E-state index in [0.717, 1.165) is 19.3 Å². The van der Waals surface area contributed by atoms with E-state index in [1.165, 1.54) is 24.5 Å². The Kier molecular flexibility index (Phi) is 6.60. The quantitative estimate of drug-likeness (QED) is 0.218. The van der Waals surface area contributed by atoms with E-state index in [2.05, 4.69) is 36.9 Å². The van der Waals surface area contributed by atoms with Gasteiger partial charge in [0.1, 0.15) is 47.7 Å². The fourth-order valence-corrected chi connectivity index (χ4v) is 5.93. The number of nitrogens with one attached hydrogen (secondary N) is 2. The van der Waals surface area contributed by atoms with Gasteiger partial charge in [0.05, 0.1) is 16.4 Å². The van der Waals surface area contributed by atoms with Crippen molar-refractivity contribution in [2.75, 3.05) is 12.3 Å². The highest BCUT2D eigenvalue weighted by atomic mass is 19.4. The van der Waals surface area contributed by atoms with Crippen molar-refractivity contribution in [3.05, 3.63) is 42.6 Å². The van der Waals surface area contributed by atoms with Crippen molar-refractivity contribution in [2.24, 2.45) is 5.92 Å². The summed E-state index contributed by atoms with van der Waals surface area (Å²) in [5.41, 5.74) is 7.37. The number of aliphatic hydroxyl groups is 2. The Bertz CT molecular complexity index is 1520. The van der Waals surface area contributed by atoms with Crippen LogP contribution in [-0.2, 0) is 11.2 Å². The molecule has 4 heterocycles. The molecule has 1 saturated carbocycles. The normalized spacial score (nSPS) is 28.8. The number of H-pyrrole nitrogens is 1. The molecule has 1 aliphatic heterocycles. The van der Waals surface area contributed by atoms with Crippen LogP contribution in [0.15, 0.2) is 36.8 Å². The van der Waals surface area contributed by atoms with Crippen LogP contribution in [-0.4, -0.2) is 71.5 Å². The molecule has 1 aliphatic carbocycles. The lowest BCUT2D eigenvalue weighted by atomic mass is 9.67. The van der Waals surface area contributed by atoms with Gasteiger partial charge in [-0.2, -0.15) is 0 Å². The third kappa shape index (κ3) is 5.19. The van der Waals surface area contributed by atoms with Crippen LogP contribution in [0.5, 0.6) is 5.75 Å². The summed E-state index contributed by atoms with van der Waals surface area (Å²) >= 11 is 0. The Balaban J connectivity index is 1.000. The summed E-state index contributed by atoms with van der Waals surface area (Å²) in [4.78, 5) is 15.8. The molecule has 1 saturated heterocycles. The fourth-order valence-electron chi connectivity index (χ4n) is 5.93. The van der Waals surface area contributed by atoms with Crippen LogP contribution in [0.1, 0.15) is 38.2 Å². The zero-order valence-electron chi connectivity index (χ0n) is 21.6. The zero-order chi connectivity index (χ0) is 28.2. The Morgan fingerprint density at radius 2 is 2.02 bits per heavy atom. The van der Waals surface area contributed by atoms with Gasteiger partial charge in [0.15, 0.2) is 6.23 Å². The maximum absolute atomic E-state index is 12.5. The largest absolute Gasteiger partial charge is 0.573 e. The lowest BCUT2D eigenvalue weighted by Crippen LogP contribution is -2.55. The van der Waals surface area contributed by atoms with Gasteiger partial charge in [-0.3, -0.25) is 0 Å². The van der Waals surface area contributed by atoms with E-state index < -0.39 is 30.9 Å². The van der Waals surface area contributed by atoms with Crippen LogP contribution in [0.25, 0.3) is 22.1 Å². The zero-order valence-corrected chi connectivity index (χ0v) is 21.6. The van der Waals surface area contributed by atoms with Gasteiger partial charge >= 0.3 is 6.36 Å². The number of aryl methyl sites for hydroxylation is 1. The molecule has 14 heteroatoms.